The molecule has 1 atom stereocenters. The molecular weight excluding hydrogens is 257 g/mol. The van der Waals surface area contributed by atoms with Crippen molar-refractivity contribution in [3.8, 4) is 5.75 Å². The summed E-state index contributed by atoms with van der Waals surface area (Å²) < 4.78 is 20.5. The Kier molecular flexibility index (Phi) is 3.34. The van der Waals surface area contributed by atoms with Gasteiger partial charge in [-0.1, -0.05) is 0 Å². The van der Waals surface area contributed by atoms with Crippen molar-refractivity contribution in [2.75, 3.05) is 26.2 Å². The molecule has 0 fully saturated rings. The minimum absolute atomic E-state index is 0.194. The zero-order valence-corrected chi connectivity index (χ0v) is 11.5. The summed E-state index contributed by atoms with van der Waals surface area (Å²) in [5.74, 6) is 0.436. The Bertz CT molecular complexity index is 580. The van der Waals surface area contributed by atoms with Crippen LogP contribution in [0.5, 0.6) is 5.75 Å². The van der Waals surface area contributed by atoms with Crippen molar-refractivity contribution in [1.29, 1.82) is 0 Å². The Morgan fingerprint density at radius 1 is 1.44 bits per heavy atom. The van der Waals surface area contributed by atoms with Crippen molar-refractivity contribution in [3.63, 3.8) is 0 Å². The van der Waals surface area contributed by atoms with E-state index in [4.69, 9.17) is 16.3 Å². The monoisotopic (exact) mass is 271 g/mol. The normalized spacial score (nSPS) is 12.8. The van der Waals surface area contributed by atoms with E-state index in [9.17, 15) is 4.39 Å². The third-order valence-corrected chi connectivity index (χ3v) is 2.88. The Morgan fingerprint density at radius 3 is 2.61 bits per heavy atom. The molecule has 0 aliphatic carbocycles. The van der Waals surface area contributed by atoms with Crippen molar-refractivity contribution in [3.05, 3.63) is 23.8 Å². The van der Waals surface area contributed by atoms with E-state index in [1.165, 1.54) is 13.2 Å². The van der Waals surface area contributed by atoms with Gasteiger partial charge < -0.3 is 9.75 Å². The summed E-state index contributed by atoms with van der Waals surface area (Å²) in [5, 5.41) is 1.58. The molecule has 18 heavy (non-hydrogen) atoms. The number of rotatable bonds is 3. The van der Waals surface area contributed by atoms with E-state index in [1.54, 1.807) is 6.07 Å². The smallest absolute Gasteiger partial charge is 0.167 e. The molecule has 2 aromatic rings. The number of hydrogen-bond donors (Lipinski definition) is 0. The molecule has 98 valence electrons. The number of benzene rings is 1. The molecular formula is C12H15ClFN3O. The highest BCUT2D eigenvalue weighted by Gasteiger charge is 2.18. The third kappa shape index (κ3) is 1.99. The summed E-state index contributed by atoms with van der Waals surface area (Å²) in [6, 6.07) is 2.98. The van der Waals surface area contributed by atoms with Gasteiger partial charge in [0.15, 0.2) is 11.6 Å². The van der Waals surface area contributed by atoms with Gasteiger partial charge in [0.1, 0.15) is 5.82 Å². The van der Waals surface area contributed by atoms with Gasteiger partial charge in [-0.15, -0.1) is 11.6 Å². The first-order valence-electron chi connectivity index (χ1n) is 5.53. The number of imidazole rings is 1. The summed E-state index contributed by atoms with van der Waals surface area (Å²) in [6.45, 7) is 1.83. The molecule has 0 saturated carbocycles. The highest BCUT2D eigenvalue weighted by molar-refractivity contribution is 6.20. The standard InChI is InChI=1S/C12H15ClFN3O/c1-7(13)12-15-9-5-8(14)11(18-4)6-10(9)17(12)16(2)3/h5-7H,1-4H3. The fourth-order valence-corrected chi connectivity index (χ4v) is 2.06. The molecule has 0 amide bonds. The molecule has 0 spiro atoms. The highest BCUT2D eigenvalue weighted by Crippen LogP contribution is 2.28. The van der Waals surface area contributed by atoms with Crippen LogP contribution in [-0.4, -0.2) is 30.9 Å². The second-order valence-electron chi connectivity index (χ2n) is 4.22. The molecule has 1 unspecified atom stereocenters. The van der Waals surface area contributed by atoms with Crippen LogP contribution in [0.15, 0.2) is 12.1 Å². The average Bonchev–Trinajstić information content (AvgIpc) is 2.66. The molecule has 0 aliphatic rings. The minimum atomic E-state index is -0.429. The van der Waals surface area contributed by atoms with Gasteiger partial charge in [0.2, 0.25) is 0 Å². The van der Waals surface area contributed by atoms with Crippen LogP contribution in [0, 0.1) is 5.82 Å². The number of alkyl halides is 1. The maximum absolute atomic E-state index is 13.6. The van der Waals surface area contributed by atoms with Crippen LogP contribution >= 0.6 is 11.6 Å². The van der Waals surface area contributed by atoms with Crippen molar-refractivity contribution in [2.45, 2.75) is 12.3 Å². The Hall–Kier alpha value is -1.49. The molecule has 0 radical (unpaired) electrons. The predicted molar refractivity (Wildman–Crippen MR) is 70.6 cm³/mol. The van der Waals surface area contributed by atoms with Gasteiger partial charge in [-0.3, -0.25) is 0 Å². The van der Waals surface area contributed by atoms with Crippen LogP contribution in [0.2, 0.25) is 0 Å². The summed E-state index contributed by atoms with van der Waals surface area (Å²) in [4.78, 5) is 4.36. The molecule has 4 nitrogen and oxygen atoms in total. The molecule has 0 bridgehead atoms. The Labute approximate surface area is 110 Å². The van der Waals surface area contributed by atoms with Crippen LogP contribution in [-0.2, 0) is 0 Å². The van der Waals surface area contributed by atoms with E-state index in [-0.39, 0.29) is 11.1 Å². The number of halogens is 2. The van der Waals surface area contributed by atoms with Crippen molar-refractivity contribution >= 4 is 22.6 Å². The number of ether oxygens (including phenoxy) is 1. The number of nitrogens with zero attached hydrogens (tertiary/aromatic N) is 3. The van der Waals surface area contributed by atoms with Gasteiger partial charge in [0.25, 0.3) is 0 Å². The largest absolute Gasteiger partial charge is 0.494 e. The van der Waals surface area contributed by atoms with E-state index in [0.717, 1.165) is 5.52 Å². The van der Waals surface area contributed by atoms with Gasteiger partial charge in [-0.05, 0) is 6.92 Å². The van der Waals surface area contributed by atoms with Crippen LogP contribution in [0.4, 0.5) is 4.39 Å². The van der Waals surface area contributed by atoms with Gasteiger partial charge in [-0.25, -0.2) is 14.1 Å². The zero-order chi connectivity index (χ0) is 13.4. The predicted octanol–water partition coefficient (Wildman–Crippen LogP) is 2.68. The first kappa shape index (κ1) is 13.0. The van der Waals surface area contributed by atoms with Gasteiger partial charge in [-0.2, -0.15) is 0 Å². The lowest BCUT2D eigenvalue weighted by Gasteiger charge is -2.19. The fraction of sp³-hybridized carbons (Fsp3) is 0.417. The van der Waals surface area contributed by atoms with Crippen LogP contribution in [0.1, 0.15) is 18.1 Å². The Morgan fingerprint density at radius 2 is 2.11 bits per heavy atom. The van der Waals surface area contributed by atoms with Gasteiger partial charge in [0.05, 0.1) is 23.5 Å². The maximum Gasteiger partial charge on any atom is 0.167 e. The van der Waals surface area contributed by atoms with Crippen molar-refractivity contribution in [1.82, 2.24) is 9.66 Å². The first-order chi connectivity index (χ1) is 8.45. The number of fused-ring (bicyclic) bond motifs is 1. The van der Waals surface area contributed by atoms with Gasteiger partial charge in [0, 0.05) is 26.2 Å². The molecule has 1 aromatic carbocycles. The van der Waals surface area contributed by atoms with Gasteiger partial charge >= 0.3 is 0 Å². The maximum atomic E-state index is 13.6. The summed E-state index contributed by atoms with van der Waals surface area (Å²) in [7, 11) is 5.19. The molecule has 6 heteroatoms. The number of methoxy groups -OCH3 is 1. The summed E-state index contributed by atoms with van der Waals surface area (Å²) >= 11 is 6.10. The lowest BCUT2D eigenvalue weighted by molar-refractivity contribution is 0.387. The third-order valence-electron chi connectivity index (χ3n) is 2.68. The first-order valence-corrected chi connectivity index (χ1v) is 5.97. The van der Waals surface area contributed by atoms with Crippen LogP contribution < -0.4 is 9.75 Å². The summed E-state index contributed by atoms with van der Waals surface area (Å²) in [6.07, 6.45) is 0. The SMILES string of the molecule is COc1cc2c(cc1F)nc(C(C)Cl)n2N(C)C. The minimum Gasteiger partial charge on any atom is -0.494 e. The van der Waals surface area contributed by atoms with Crippen molar-refractivity contribution < 1.29 is 9.13 Å². The van der Waals surface area contributed by atoms with Crippen molar-refractivity contribution in [2.24, 2.45) is 0 Å². The zero-order valence-electron chi connectivity index (χ0n) is 10.7. The molecule has 1 heterocycles. The molecule has 1 aromatic heterocycles. The van der Waals surface area contributed by atoms with E-state index in [2.05, 4.69) is 4.98 Å². The van der Waals surface area contributed by atoms with E-state index >= 15 is 0 Å². The number of hydrogen-bond acceptors (Lipinski definition) is 3. The van der Waals surface area contributed by atoms with E-state index < -0.39 is 5.82 Å². The lowest BCUT2D eigenvalue weighted by atomic mass is 10.3. The lowest BCUT2D eigenvalue weighted by Crippen LogP contribution is -2.27. The van der Waals surface area contributed by atoms with Crippen LogP contribution in [0.3, 0.4) is 0 Å². The molecule has 0 saturated heterocycles. The second-order valence-corrected chi connectivity index (χ2v) is 4.88. The summed E-state index contributed by atoms with van der Waals surface area (Å²) in [5.41, 5.74) is 1.32. The van der Waals surface area contributed by atoms with Crippen LogP contribution in [0.25, 0.3) is 11.0 Å². The fourth-order valence-electron chi connectivity index (χ4n) is 1.92. The second kappa shape index (κ2) is 4.65. The molecule has 2 rings (SSSR count). The Balaban J connectivity index is 2.78. The molecule has 0 N–H and O–H groups in total. The quantitative estimate of drug-likeness (QED) is 0.804. The van der Waals surface area contributed by atoms with E-state index in [1.807, 2.05) is 30.7 Å². The van der Waals surface area contributed by atoms with E-state index in [0.29, 0.717) is 11.3 Å². The highest BCUT2D eigenvalue weighted by atomic mass is 35.5. The topological polar surface area (TPSA) is 30.3 Å². The number of aromatic nitrogens is 2. The molecule has 0 aliphatic heterocycles. The average molecular weight is 272 g/mol.